The topological polar surface area (TPSA) is 76.2 Å². The van der Waals surface area contributed by atoms with Crippen LogP contribution in [0.4, 0.5) is 0 Å². The summed E-state index contributed by atoms with van der Waals surface area (Å²) >= 11 is 0. The smallest absolute Gasteiger partial charge is 0.304 e. The van der Waals surface area contributed by atoms with E-state index >= 15 is 0 Å². The molecule has 1 aromatic heterocycles. The molecule has 4 heteroatoms. The fourth-order valence-corrected chi connectivity index (χ4v) is 2.24. The van der Waals surface area contributed by atoms with Crippen molar-refractivity contribution in [1.29, 1.82) is 0 Å². The maximum absolute atomic E-state index is 11.0. The number of carbonyl (C=O) groups is 1. The maximum atomic E-state index is 11.0. The minimum Gasteiger partial charge on any atom is -0.481 e. The summed E-state index contributed by atoms with van der Waals surface area (Å²) in [6, 6.07) is 11.4. The van der Waals surface area contributed by atoms with Crippen LogP contribution in [0.2, 0.25) is 0 Å². The Morgan fingerprint density at radius 3 is 2.74 bits per heavy atom. The van der Waals surface area contributed by atoms with Crippen molar-refractivity contribution in [3.05, 3.63) is 42.1 Å². The zero-order valence-electron chi connectivity index (χ0n) is 10.9. The Bertz CT molecular complexity index is 583. The van der Waals surface area contributed by atoms with Gasteiger partial charge in [0.05, 0.1) is 11.9 Å². The molecule has 100 valence electrons. The Hall–Kier alpha value is -1.94. The summed E-state index contributed by atoms with van der Waals surface area (Å²) in [7, 11) is 0. The lowest BCUT2D eigenvalue weighted by Gasteiger charge is -2.21. The number of nitrogens with zero attached hydrogens (tertiary/aromatic N) is 1. The predicted molar refractivity (Wildman–Crippen MR) is 75.0 cm³/mol. The monoisotopic (exact) mass is 258 g/mol. The highest BCUT2D eigenvalue weighted by Crippen LogP contribution is 2.24. The second-order valence-corrected chi connectivity index (χ2v) is 4.71. The number of carboxylic acids is 1. The molecule has 0 spiro atoms. The van der Waals surface area contributed by atoms with Crippen LogP contribution in [0.3, 0.4) is 0 Å². The molecule has 3 N–H and O–H groups in total. The van der Waals surface area contributed by atoms with E-state index in [1.54, 1.807) is 0 Å². The van der Waals surface area contributed by atoms with Crippen LogP contribution in [0.5, 0.6) is 0 Å². The predicted octanol–water partition coefficient (Wildman–Crippen LogP) is 2.53. The molecule has 19 heavy (non-hydrogen) atoms. The molecular formula is C15H18N2O2. The van der Waals surface area contributed by atoms with E-state index < -0.39 is 5.97 Å². The molecule has 2 rings (SSSR count). The lowest BCUT2D eigenvalue weighted by Crippen LogP contribution is -2.30. The van der Waals surface area contributed by atoms with Crippen molar-refractivity contribution in [3.63, 3.8) is 0 Å². The highest BCUT2D eigenvalue weighted by Gasteiger charge is 2.23. The van der Waals surface area contributed by atoms with Crippen molar-refractivity contribution < 1.29 is 9.90 Å². The van der Waals surface area contributed by atoms with Crippen LogP contribution in [-0.2, 0) is 4.79 Å². The average Bonchev–Trinajstić information content (AvgIpc) is 2.43. The lowest BCUT2D eigenvalue weighted by molar-refractivity contribution is -0.137. The number of hydrogen-bond donors (Lipinski definition) is 2. The second-order valence-electron chi connectivity index (χ2n) is 4.71. The van der Waals surface area contributed by atoms with Crippen LogP contribution in [-0.4, -0.2) is 22.1 Å². The van der Waals surface area contributed by atoms with Crippen LogP contribution in [0, 0.1) is 0 Å². The highest BCUT2D eigenvalue weighted by molar-refractivity contribution is 5.78. The number of para-hydroxylation sites is 1. The quantitative estimate of drug-likeness (QED) is 0.864. The van der Waals surface area contributed by atoms with Crippen LogP contribution >= 0.6 is 0 Å². The van der Waals surface area contributed by atoms with E-state index in [-0.39, 0.29) is 18.4 Å². The number of hydrogen-bond acceptors (Lipinski definition) is 3. The molecule has 0 fully saturated rings. The van der Waals surface area contributed by atoms with Crippen molar-refractivity contribution in [2.45, 2.75) is 31.7 Å². The minimum atomic E-state index is -0.844. The van der Waals surface area contributed by atoms with E-state index in [1.165, 1.54) is 0 Å². The summed E-state index contributed by atoms with van der Waals surface area (Å²) < 4.78 is 0. The summed E-state index contributed by atoms with van der Waals surface area (Å²) in [6.45, 7) is 1.96. The zero-order chi connectivity index (χ0) is 13.8. The average molecular weight is 258 g/mol. The van der Waals surface area contributed by atoms with Gasteiger partial charge in [-0.15, -0.1) is 0 Å². The zero-order valence-corrected chi connectivity index (χ0v) is 10.9. The van der Waals surface area contributed by atoms with Crippen LogP contribution < -0.4 is 5.73 Å². The molecule has 0 saturated heterocycles. The van der Waals surface area contributed by atoms with Crippen molar-refractivity contribution in [2.24, 2.45) is 5.73 Å². The van der Waals surface area contributed by atoms with Gasteiger partial charge < -0.3 is 10.8 Å². The van der Waals surface area contributed by atoms with Gasteiger partial charge in [-0.05, 0) is 18.6 Å². The number of rotatable bonds is 5. The summed E-state index contributed by atoms with van der Waals surface area (Å²) in [5, 5.41) is 10.1. The summed E-state index contributed by atoms with van der Waals surface area (Å²) in [5.74, 6) is -1.09. The first-order chi connectivity index (χ1) is 9.11. The van der Waals surface area contributed by atoms with Gasteiger partial charge in [0.15, 0.2) is 0 Å². The van der Waals surface area contributed by atoms with E-state index in [0.29, 0.717) is 0 Å². The molecule has 0 aliphatic rings. The van der Waals surface area contributed by atoms with E-state index in [1.807, 2.05) is 43.3 Å². The van der Waals surface area contributed by atoms with Crippen LogP contribution in [0.25, 0.3) is 10.9 Å². The van der Waals surface area contributed by atoms with E-state index in [0.717, 1.165) is 23.0 Å². The first kappa shape index (κ1) is 13.5. The molecule has 0 radical (unpaired) electrons. The maximum Gasteiger partial charge on any atom is 0.304 e. The van der Waals surface area contributed by atoms with E-state index in [4.69, 9.17) is 10.8 Å². The molecule has 0 saturated carbocycles. The molecule has 0 aliphatic carbocycles. The van der Waals surface area contributed by atoms with Crippen molar-refractivity contribution >= 4 is 16.9 Å². The van der Waals surface area contributed by atoms with Gasteiger partial charge in [0.25, 0.3) is 0 Å². The third-order valence-electron chi connectivity index (χ3n) is 3.38. The van der Waals surface area contributed by atoms with Gasteiger partial charge in [0.1, 0.15) is 0 Å². The number of nitrogens with two attached hydrogens (primary N) is 1. The van der Waals surface area contributed by atoms with Gasteiger partial charge in [-0.25, -0.2) is 0 Å². The fourth-order valence-electron chi connectivity index (χ4n) is 2.24. The van der Waals surface area contributed by atoms with Gasteiger partial charge in [-0.1, -0.05) is 31.2 Å². The standard InChI is InChI=1S/C15H18N2O2/c1-2-12(16)11(9-15(18)19)14-8-7-10-5-3-4-6-13(10)17-14/h3-8,11-12H,2,9,16H2,1H3,(H,18,19). The van der Waals surface area contributed by atoms with Gasteiger partial charge in [0, 0.05) is 23.0 Å². The molecule has 2 atom stereocenters. The molecule has 1 aromatic carbocycles. The largest absolute Gasteiger partial charge is 0.481 e. The number of aliphatic carboxylic acids is 1. The molecular weight excluding hydrogens is 240 g/mol. The molecule has 2 unspecified atom stereocenters. The molecule has 0 aliphatic heterocycles. The van der Waals surface area contributed by atoms with Crippen LogP contribution in [0.1, 0.15) is 31.4 Å². The minimum absolute atomic E-state index is 0.0142. The Kier molecular flexibility index (Phi) is 4.12. The SMILES string of the molecule is CCC(N)C(CC(=O)O)c1ccc2ccccc2n1. The Labute approximate surface area is 112 Å². The Balaban J connectivity index is 2.40. The summed E-state index contributed by atoms with van der Waals surface area (Å²) in [6.07, 6.45) is 0.743. The van der Waals surface area contributed by atoms with Gasteiger partial charge >= 0.3 is 5.97 Å². The summed E-state index contributed by atoms with van der Waals surface area (Å²) in [4.78, 5) is 15.5. The van der Waals surface area contributed by atoms with Gasteiger partial charge in [-0.3, -0.25) is 9.78 Å². The fraction of sp³-hybridized carbons (Fsp3) is 0.333. The normalized spacial score (nSPS) is 14.2. The lowest BCUT2D eigenvalue weighted by atomic mass is 9.91. The van der Waals surface area contributed by atoms with Gasteiger partial charge in [-0.2, -0.15) is 0 Å². The number of benzene rings is 1. The van der Waals surface area contributed by atoms with E-state index in [9.17, 15) is 4.79 Å². The first-order valence-electron chi connectivity index (χ1n) is 6.45. The number of carboxylic acid groups (broad SMARTS) is 1. The third-order valence-corrected chi connectivity index (χ3v) is 3.38. The Morgan fingerprint density at radius 2 is 2.05 bits per heavy atom. The van der Waals surface area contributed by atoms with Crippen molar-refractivity contribution in [3.8, 4) is 0 Å². The highest BCUT2D eigenvalue weighted by atomic mass is 16.4. The molecule has 2 aromatic rings. The second kappa shape index (κ2) is 5.80. The van der Waals surface area contributed by atoms with Crippen LogP contribution in [0.15, 0.2) is 36.4 Å². The molecule has 4 nitrogen and oxygen atoms in total. The van der Waals surface area contributed by atoms with E-state index in [2.05, 4.69) is 4.98 Å². The van der Waals surface area contributed by atoms with Crippen molar-refractivity contribution in [2.75, 3.05) is 0 Å². The summed E-state index contributed by atoms with van der Waals surface area (Å²) in [5.41, 5.74) is 7.67. The van der Waals surface area contributed by atoms with Crippen molar-refractivity contribution in [1.82, 2.24) is 4.98 Å². The number of aromatic nitrogens is 1. The third kappa shape index (κ3) is 3.09. The first-order valence-corrected chi connectivity index (χ1v) is 6.45. The number of fused-ring (bicyclic) bond motifs is 1. The Morgan fingerprint density at radius 1 is 1.32 bits per heavy atom. The molecule has 0 bridgehead atoms. The van der Waals surface area contributed by atoms with Gasteiger partial charge in [0.2, 0.25) is 0 Å². The number of pyridine rings is 1. The molecule has 0 amide bonds. The molecule has 1 heterocycles.